The largest absolute Gasteiger partial charge is 0.493 e. The minimum atomic E-state index is -0.420. The van der Waals surface area contributed by atoms with Crippen LogP contribution in [-0.4, -0.2) is 44.3 Å². The molecule has 4 N–H and O–H groups in total. The van der Waals surface area contributed by atoms with Crippen LogP contribution in [0.1, 0.15) is 40.4 Å². The van der Waals surface area contributed by atoms with Gasteiger partial charge in [0.05, 0.1) is 13.7 Å². The number of hydrogen-bond donors (Lipinski definition) is 3. The Kier molecular flexibility index (Phi) is 6.01. The Morgan fingerprint density at radius 3 is 2.74 bits per heavy atom. The Balaban J connectivity index is 1.60. The van der Waals surface area contributed by atoms with E-state index in [0.717, 1.165) is 35.3 Å². The lowest BCUT2D eigenvalue weighted by molar-refractivity contribution is 0.269. The minimum Gasteiger partial charge on any atom is -0.493 e. The highest BCUT2D eigenvalue weighted by atomic mass is 16.5. The maximum absolute atomic E-state index is 12.8. The van der Waals surface area contributed by atoms with Crippen molar-refractivity contribution >= 4 is 5.84 Å². The van der Waals surface area contributed by atoms with Crippen molar-refractivity contribution in [2.75, 3.05) is 13.7 Å². The number of rotatable bonds is 7. The van der Waals surface area contributed by atoms with Crippen LogP contribution in [0, 0.1) is 5.41 Å². The Morgan fingerprint density at radius 2 is 2.03 bits per heavy atom. The Morgan fingerprint density at radius 1 is 1.26 bits per heavy atom. The zero-order chi connectivity index (χ0) is 24.4. The van der Waals surface area contributed by atoms with Crippen molar-refractivity contribution in [2.24, 2.45) is 5.73 Å². The lowest BCUT2D eigenvalue weighted by Gasteiger charge is -2.23. The molecule has 2 aromatic heterocycles. The summed E-state index contributed by atoms with van der Waals surface area (Å²) in [6.07, 6.45) is 5.47. The van der Waals surface area contributed by atoms with Crippen molar-refractivity contribution in [2.45, 2.75) is 25.2 Å². The first-order valence-electron chi connectivity index (χ1n) is 11.3. The van der Waals surface area contributed by atoms with E-state index in [0.29, 0.717) is 30.2 Å². The summed E-state index contributed by atoms with van der Waals surface area (Å²) >= 11 is 0. The number of fused-ring (bicyclic) bond motifs is 1. The Hall–Kier alpha value is -4.47. The number of ether oxygens (including phenoxy) is 2. The molecule has 4 aromatic rings. The van der Waals surface area contributed by atoms with Gasteiger partial charge in [-0.1, -0.05) is 30.3 Å². The van der Waals surface area contributed by atoms with E-state index >= 15 is 0 Å². The molecule has 178 valence electrons. The number of aromatic nitrogens is 5. The molecule has 0 amide bonds. The SMILES string of the molecule is COc1cc(C(Cc2ccc(C(=N)N)cc2)c2nn(-c3ncccn3)c(=O)[nH]2)cc2c1OCCC2. The van der Waals surface area contributed by atoms with Crippen molar-refractivity contribution in [3.05, 3.63) is 93.4 Å². The van der Waals surface area contributed by atoms with Gasteiger partial charge in [0, 0.05) is 23.9 Å². The van der Waals surface area contributed by atoms with Crippen molar-refractivity contribution < 1.29 is 9.47 Å². The number of amidine groups is 1. The summed E-state index contributed by atoms with van der Waals surface area (Å²) in [5.41, 5.74) is 8.85. The van der Waals surface area contributed by atoms with E-state index in [1.54, 1.807) is 25.6 Å². The van der Waals surface area contributed by atoms with Gasteiger partial charge >= 0.3 is 5.69 Å². The van der Waals surface area contributed by atoms with E-state index in [1.807, 2.05) is 30.3 Å². The Bertz CT molecular complexity index is 1390. The first-order valence-corrected chi connectivity index (χ1v) is 11.3. The summed E-state index contributed by atoms with van der Waals surface area (Å²) in [6, 6.07) is 13.2. The quantitative estimate of drug-likeness (QED) is 0.277. The number of hydrogen-bond acceptors (Lipinski definition) is 7. The summed E-state index contributed by atoms with van der Waals surface area (Å²) in [5.74, 6) is 1.82. The van der Waals surface area contributed by atoms with Gasteiger partial charge in [-0.25, -0.2) is 14.8 Å². The van der Waals surface area contributed by atoms with E-state index in [4.69, 9.17) is 20.6 Å². The van der Waals surface area contributed by atoms with Gasteiger partial charge < -0.3 is 15.2 Å². The van der Waals surface area contributed by atoms with Gasteiger partial charge in [0.25, 0.3) is 5.95 Å². The Labute approximate surface area is 201 Å². The molecule has 3 heterocycles. The van der Waals surface area contributed by atoms with Crippen LogP contribution in [0.4, 0.5) is 0 Å². The average molecular weight is 472 g/mol. The number of H-pyrrole nitrogens is 1. The lowest BCUT2D eigenvalue weighted by Crippen LogP contribution is -2.18. The van der Waals surface area contributed by atoms with Gasteiger partial charge in [0.1, 0.15) is 11.7 Å². The van der Waals surface area contributed by atoms with Crippen LogP contribution in [-0.2, 0) is 12.8 Å². The molecule has 0 saturated heterocycles. The molecule has 0 radical (unpaired) electrons. The molecular weight excluding hydrogens is 446 g/mol. The highest BCUT2D eigenvalue weighted by molar-refractivity contribution is 5.94. The van der Waals surface area contributed by atoms with E-state index in [9.17, 15) is 4.79 Å². The molecule has 10 nitrogen and oxygen atoms in total. The predicted molar refractivity (Wildman–Crippen MR) is 130 cm³/mol. The third-order valence-electron chi connectivity index (χ3n) is 6.02. The van der Waals surface area contributed by atoms with Gasteiger partial charge in [-0.05, 0) is 48.1 Å². The standard InChI is InChI=1S/C25H25N7O3/c1-34-20-14-18(13-17-4-2-11-35-21(17)20)19(12-15-5-7-16(8-6-15)22(26)27)23-30-25(33)32(31-23)24-28-9-3-10-29-24/h3,5-10,13-14,19H,2,4,11-12H2,1H3,(H3,26,27)(H,30,31,33). The zero-order valence-electron chi connectivity index (χ0n) is 19.2. The number of methoxy groups -OCH3 is 1. The second-order valence-corrected chi connectivity index (χ2v) is 8.31. The number of aromatic amines is 1. The van der Waals surface area contributed by atoms with Crippen LogP contribution in [0.15, 0.2) is 59.7 Å². The molecule has 35 heavy (non-hydrogen) atoms. The van der Waals surface area contributed by atoms with Crippen LogP contribution >= 0.6 is 0 Å². The van der Waals surface area contributed by atoms with Crippen molar-refractivity contribution in [1.82, 2.24) is 24.7 Å². The van der Waals surface area contributed by atoms with Crippen LogP contribution < -0.4 is 20.9 Å². The van der Waals surface area contributed by atoms with Gasteiger partial charge in [0.2, 0.25) is 0 Å². The van der Waals surface area contributed by atoms with Crippen molar-refractivity contribution in [3.8, 4) is 17.4 Å². The summed E-state index contributed by atoms with van der Waals surface area (Å²) < 4.78 is 12.7. The highest BCUT2D eigenvalue weighted by Crippen LogP contribution is 2.39. The molecule has 1 atom stereocenters. The van der Waals surface area contributed by atoms with E-state index in [2.05, 4.69) is 26.1 Å². The van der Waals surface area contributed by atoms with E-state index < -0.39 is 5.69 Å². The minimum absolute atomic E-state index is 0.0125. The monoisotopic (exact) mass is 471 g/mol. The molecule has 0 spiro atoms. The first-order chi connectivity index (χ1) is 17.0. The van der Waals surface area contributed by atoms with Crippen LogP contribution in [0.25, 0.3) is 5.95 Å². The lowest BCUT2D eigenvalue weighted by atomic mass is 9.88. The van der Waals surface area contributed by atoms with Gasteiger partial charge in [-0.2, -0.15) is 0 Å². The van der Waals surface area contributed by atoms with Gasteiger partial charge in [-0.3, -0.25) is 10.4 Å². The number of nitrogens with one attached hydrogen (secondary N) is 2. The molecule has 1 unspecified atom stereocenters. The molecule has 0 aliphatic carbocycles. The van der Waals surface area contributed by atoms with E-state index in [1.165, 1.54) is 4.68 Å². The van der Waals surface area contributed by atoms with Crippen molar-refractivity contribution in [1.29, 1.82) is 5.41 Å². The topological polar surface area (TPSA) is 145 Å². The van der Waals surface area contributed by atoms with Crippen LogP contribution in [0.5, 0.6) is 11.5 Å². The van der Waals surface area contributed by atoms with E-state index in [-0.39, 0.29) is 17.7 Å². The molecule has 0 saturated carbocycles. The number of benzene rings is 2. The molecule has 10 heteroatoms. The molecule has 5 rings (SSSR count). The highest BCUT2D eigenvalue weighted by Gasteiger charge is 2.25. The zero-order valence-corrected chi connectivity index (χ0v) is 19.2. The smallest absolute Gasteiger partial charge is 0.350 e. The third kappa shape index (κ3) is 4.50. The molecule has 2 aromatic carbocycles. The molecular formula is C25H25N7O3. The summed E-state index contributed by atoms with van der Waals surface area (Å²) in [6.45, 7) is 0.656. The average Bonchev–Trinajstić information content (AvgIpc) is 3.28. The van der Waals surface area contributed by atoms with Crippen LogP contribution in [0.2, 0.25) is 0 Å². The fourth-order valence-corrected chi connectivity index (χ4v) is 4.28. The van der Waals surface area contributed by atoms with Crippen LogP contribution in [0.3, 0.4) is 0 Å². The third-order valence-corrected chi connectivity index (χ3v) is 6.02. The fourth-order valence-electron chi connectivity index (χ4n) is 4.28. The fraction of sp³-hybridized carbons (Fsp3) is 0.240. The second-order valence-electron chi connectivity index (χ2n) is 8.31. The molecule has 0 bridgehead atoms. The maximum atomic E-state index is 12.8. The molecule has 0 fully saturated rings. The predicted octanol–water partition coefficient (Wildman–Crippen LogP) is 2.34. The van der Waals surface area contributed by atoms with Crippen molar-refractivity contribution in [3.63, 3.8) is 0 Å². The molecule has 1 aliphatic rings. The number of aryl methyl sites for hydroxylation is 1. The summed E-state index contributed by atoms with van der Waals surface area (Å²) in [4.78, 5) is 24.0. The maximum Gasteiger partial charge on any atom is 0.350 e. The number of nitrogen functional groups attached to an aromatic ring is 1. The normalized spacial score (nSPS) is 13.5. The summed E-state index contributed by atoms with van der Waals surface area (Å²) in [5, 5.41) is 12.2. The first kappa shape index (κ1) is 22.3. The second kappa shape index (κ2) is 9.41. The summed E-state index contributed by atoms with van der Waals surface area (Å²) in [7, 11) is 1.62. The van der Waals surface area contributed by atoms with Gasteiger partial charge in [-0.15, -0.1) is 9.78 Å². The number of nitrogens with two attached hydrogens (primary N) is 1. The molecule has 1 aliphatic heterocycles. The van der Waals surface area contributed by atoms with Gasteiger partial charge in [0.15, 0.2) is 11.5 Å². The number of nitrogens with zero attached hydrogens (tertiary/aromatic N) is 4.